The number of aliphatic hydroxyl groups is 1. The number of halogens is 1. The number of pyridine rings is 1. The smallest absolute Gasteiger partial charge is 0.129 e. The number of rotatable bonds is 1. The average molecular weight is 211 g/mol. The second-order valence-corrected chi connectivity index (χ2v) is 3.76. The zero-order valence-electron chi connectivity index (χ0n) is 8.31. The molecule has 0 radical (unpaired) electrons. The van der Waals surface area contributed by atoms with Crippen LogP contribution >= 0.6 is 0 Å². The van der Waals surface area contributed by atoms with E-state index in [0.717, 1.165) is 5.69 Å². The van der Waals surface area contributed by atoms with Crippen LogP contribution in [0.25, 0.3) is 0 Å². The van der Waals surface area contributed by atoms with Gasteiger partial charge < -0.3 is 15.7 Å². The first-order chi connectivity index (χ1) is 7.16. The summed E-state index contributed by atoms with van der Waals surface area (Å²) in [5.41, 5.74) is 6.34. The van der Waals surface area contributed by atoms with Gasteiger partial charge in [0, 0.05) is 13.1 Å². The SMILES string of the molecule is Nc1ccc(N2CC[C@@H](F)[C@H](O)C2)cn1. The van der Waals surface area contributed by atoms with E-state index in [4.69, 9.17) is 5.73 Å². The summed E-state index contributed by atoms with van der Waals surface area (Å²) in [7, 11) is 0. The predicted molar refractivity (Wildman–Crippen MR) is 56.4 cm³/mol. The van der Waals surface area contributed by atoms with Gasteiger partial charge in [0.25, 0.3) is 0 Å². The van der Waals surface area contributed by atoms with Crippen molar-refractivity contribution < 1.29 is 9.50 Å². The third-order valence-corrected chi connectivity index (χ3v) is 2.64. The molecule has 82 valence electrons. The Morgan fingerprint density at radius 3 is 2.93 bits per heavy atom. The summed E-state index contributed by atoms with van der Waals surface area (Å²) in [6.45, 7) is 0.913. The van der Waals surface area contributed by atoms with Crippen LogP contribution in [0.15, 0.2) is 18.3 Å². The number of β-amino-alcohol motifs (C(OH)–C–C–N with tert-alkyl or cyclic N) is 1. The van der Waals surface area contributed by atoms with Crippen LogP contribution < -0.4 is 10.6 Å². The minimum atomic E-state index is -1.11. The molecular weight excluding hydrogens is 197 g/mol. The third-order valence-electron chi connectivity index (χ3n) is 2.64. The van der Waals surface area contributed by atoms with Gasteiger partial charge in [-0.25, -0.2) is 9.37 Å². The molecule has 2 atom stereocenters. The lowest BCUT2D eigenvalue weighted by atomic mass is 10.1. The van der Waals surface area contributed by atoms with Gasteiger partial charge in [0.1, 0.15) is 18.1 Å². The van der Waals surface area contributed by atoms with Crippen LogP contribution in [0.4, 0.5) is 15.9 Å². The molecule has 0 aromatic carbocycles. The van der Waals surface area contributed by atoms with Crippen LogP contribution in [-0.2, 0) is 0 Å². The maximum absolute atomic E-state index is 13.0. The van der Waals surface area contributed by atoms with E-state index in [1.54, 1.807) is 12.3 Å². The van der Waals surface area contributed by atoms with Crippen LogP contribution in [0.3, 0.4) is 0 Å². The molecule has 0 aliphatic carbocycles. The average Bonchev–Trinajstić information content (AvgIpc) is 2.23. The molecule has 2 rings (SSSR count). The second kappa shape index (κ2) is 4.02. The van der Waals surface area contributed by atoms with Gasteiger partial charge in [-0.05, 0) is 18.6 Å². The highest BCUT2D eigenvalue weighted by atomic mass is 19.1. The second-order valence-electron chi connectivity index (χ2n) is 3.76. The molecule has 0 amide bonds. The van der Waals surface area contributed by atoms with Crippen LogP contribution in [0.2, 0.25) is 0 Å². The highest BCUT2D eigenvalue weighted by Crippen LogP contribution is 2.21. The lowest BCUT2D eigenvalue weighted by Gasteiger charge is -2.33. The monoisotopic (exact) mass is 211 g/mol. The highest BCUT2D eigenvalue weighted by Gasteiger charge is 2.27. The molecule has 1 aliphatic heterocycles. The summed E-state index contributed by atoms with van der Waals surface area (Å²) in [6, 6.07) is 3.52. The molecule has 2 heterocycles. The Balaban J connectivity index is 2.08. The fraction of sp³-hybridized carbons (Fsp3) is 0.500. The summed E-state index contributed by atoms with van der Waals surface area (Å²) in [4.78, 5) is 5.87. The van der Waals surface area contributed by atoms with Crippen molar-refractivity contribution in [2.45, 2.75) is 18.7 Å². The Morgan fingerprint density at radius 2 is 2.33 bits per heavy atom. The number of nitrogens with zero attached hydrogens (tertiary/aromatic N) is 2. The maximum atomic E-state index is 13.0. The molecule has 1 aliphatic rings. The third kappa shape index (κ3) is 2.18. The minimum Gasteiger partial charge on any atom is -0.388 e. The van der Waals surface area contributed by atoms with E-state index < -0.39 is 12.3 Å². The van der Waals surface area contributed by atoms with Crippen molar-refractivity contribution in [2.24, 2.45) is 0 Å². The number of alkyl halides is 1. The number of anilines is 2. The molecule has 4 nitrogen and oxygen atoms in total. The van der Waals surface area contributed by atoms with Gasteiger partial charge in [0.15, 0.2) is 0 Å². The first-order valence-corrected chi connectivity index (χ1v) is 4.95. The zero-order valence-corrected chi connectivity index (χ0v) is 8.31. The number of hydrogen-bond acceptors (Lipinski definition) is 4. The number of nitrogen functional groups attached to an aromatic ring is 1. The van der Waals surface area contributed by atoms with Gasteiger partial charge in [-0.2, -0.15) is 0 Å². The van der Waals surface area contributed by atoms with E-state index in [0.29, 0.717) is 25.3 Å². The fourth-order valence-corrected chi connectivity index (χ4v) is 1.72. The van der Waals surface area contributed by atoms with Crippen molar-refractivity contribution in [1.29, 1.82) is 0 Å². The van der Waals surface area contributed by atoms with Gasteiger partial charge in [-0.1, -0.05) is 0 Å². The van der Waals surface area contributed by atoms with E-state index >= 15 is 0 Å². The Hall–Kier alpha value is -1.36. The first-order valence-electron chi connectivity index (χ1n) is 4.95. The molecule has 0 spiro atoms. The summed E-state index contributed by atoms with van der Waals surface area (Å²) in [6.07, 6.45) is -0.0223. The normalized spacial score (nSPS) is 26.7. The molecule has 0 bridgehead atoms. The Morgan fingerprint density at radius 1 is 1.53 bits per heavy atom. The van der Waals surface area contributed by atoms with Crippen LogP contribution in [0.5, 0.6) is 0 Å². The number of nitrogens with two attached hydrogens (primary N) is 1. The minimum absolute atomic E-state index is 0.312. The summed E-state index contributed by atoms with van der Waals surface area (Å²) in [5, 5.41) is 9.40. The van der Waals surface area contributed by atoms with Crippen LogP contribution in [-0.4, -0.2) is 35.5 Å². The van der Waals surface area contributed by atoms with Crippen molar-refractivity contribution >= 4 is 11.5 Å². The van der Waals surface area contributed by atoms with Crippen molar-refractivity contribution in [1.82, 2.24) is 4.98 Å². The molecule has 5 heteroatoms. The van der Waals surface area contributed by atoms with Gasteiger partial charge in [0.05, 0.1) is 11.9 Å². The predicted octanol–water partition coefficient (Wildman–Crippen LogP) is 0.573. The fourth-order valence-electron chi connectivity index (χ4n) is 1.72. The molecule has 15 heavy (non-hydrogen) atoms. The molecule has 1 fully saturated rings. The number of piperidine rings is 1. The van der Waals surface area contributed by atoms with E-state index in [1.807, 2.05) is 11.0 Å². The Labute approximate surface area is 87.5 Å². The van der Waals surface area contributed by atoms with Gasteiger partial charge in [-0.15, -0.1) is 0 Å². The lowest BCUT2D eigenvalue weighted by molar-refractivity contribution is 0.0645. The topological polar surface area (TPSA) is 62.4 Å². The molecule has 0 unspecified atom stereocenters. The molecule has 1 saturated heterocycles. The number of aliphatic hydroxyl groups excluding tert-OH is 1. The molecule has 1 aromatic heterocycles. The number of hydrogen-bond donors (Lipinski definition) is 2. The highest BCUT2D eigenvalue weighted by molar-refractivity contribution is 5.48. The van der Waals surface area contributed by atoms with E-state index in [-0.39, 0.29) is 0 Å². The van der Waals surface area contributed by atoms with Gasteiger partial charge in [-0.3, -0.25) is 0 Å². The Bertz CT molecular complexity index is 330. The quantitative estimate of drug-likeness (QED) is 0.713. The first kappa shape index (κ1) is 10.2. The van der Waals surface area contributed by atoms with Crippen molar-refractivity contribution in [2.75, 3.05) is 23.7 Å². The van der Waals surface area contributed by atoms with Crippen molar-refractivity contribution in [3.63, 3.8) is 0 Å². The van der Waals surface area contributed by atoms with E-state index in [9.17, 15) is 9.50 Å². The van der Waals surface area contributed by atoms with E-state index in [2.05, 4.69) is 4.98 Å². The Kier molecular flexibility index (Phi) is 2.73. The van der Waals surface area contributed by atoms with Gasteiger partial charge in [0.2, 0.25) is 0 Å². The van der Waals surface area contributed by atoms with Crippen molar-refractivity contribution in [3.8, 4) is 0 Å². The lowest BCUT2D eigenvalue weighted by Crippen LogP contribution is -2.45. The zero-order chi connectivity index (χ0) is 10.8. The van der Waals surface area contributed by atoms with Crippen molar-refractivity contribution in [3.05, 3.63) is 18.3 Å². The molecule has 0 saturated carbocycles. The van der Waals surface area contributed by atoms with Crippen LogP contribution in [0, 0.1) is 0 Å². The summed E-state index contributed by atoms with van der Waals surface area (Å²) >= 11 is 0. The summed E-state index contributed by atoms with van der Waals surface area (Å²) in [5.74, 6) is 0.458. The standard InChI is InChI=1S/C10H14FN3O/c11-8-3-4-14(6-9(8)15)7-1-2-10(12)13-5-7/h1-2,5,8-9,15H,3-4,6H2,(H2,12,13)/t8-,9-/m1/s1. The molecular formula is C10H14FN3O. The summed E-state index contributed by atoms with van der Waals surface area (Å²) < 4.78 is 13.0. The largest absolute Gasteiger partial charge is 0.388 e. The number of aromatic nitrogens is 1. The van der Waals surface area contributed by atoms with E-state index in [1.165, 1.54) is 0 Å². The molecule has 3 N–H and O–H groups in total. The molecule has 1 aromatic rings. The maximum Gasteiger partial charge on any atom is 0.129 e. The van der Waals surface area contributed by atoms with Gasteiger partial charge >= 0.3 is 0 Å². The van der Waals surface area contributed by atoms with Crippen LogP contribution in [0.1, 0.15) is 6.42 Å².